The van der Waals surface area contributed by atoms with Gasteiger partial charge in [-0.05, 0) is 13.3 Å². The van der Waals surface area contributed by atoms with Gasteiger partial charge in [-0.15, -0.1) is 0 Å². The zero-order valence-electron chi connectivity index (χ0n) is 12.4. The number of guanidine groups is 1. The molecule has 0 spiro atoms. The third kappa shape index (κ3) is 9.66. The van der Waals surface area contributed by atoms with Crippen LogP contribution in [0.5, 0.6) is 0 Å². The van der Waals surface area contributed by atoms with E-state index >= 15 is 0 Å². The lowest BCUT2D eigenvalue weighted by Crippen LogP contribution is -2.47. The Kier molecular flexibility index (Phi) is 12.9. The van der Waals surface area contributed by atoms with Crippen LogP contribution in [0.15, 0.2) is 4.99 Å². The summed E-state index contributed by atoms with van der Waals surface area (Å²) in [6, 6.07) is 0. The van der Waals surface area contributed by atoms with Crippen LogP contribution in [-0.4, -0.2) is 71.1 Å². The van der Waals surface area contributed by atoms with E-state index in [1.165, 1.54) is 0 Å². The van der Waals surface area contributed by atoms with Crippen molar-refractivity contribution in [2.24, 2.45) is 10.8 Å². The van der Waals surface area contributed by atoms with Gasteiger partial charge in [0.1, 0.15) is 0 Å². The lowest BCUT2D eigenvalue weighted by atomic mass is 10.4. The second kappa shape index (κ2) is 13.5. The van der Waals surface area contributed by atoms with Crippen molar-refractivity contribution in [1.82, 2.24) is 10.3 Å². The number of methoxy groups -OCH3 is 2. The molecule has 0 atom stereocenters. The van der Waals surface area contributed by atoms with Crippen LogP contribution < -0.4 is 11.3 Å². The average Bonchev–Trinajstić information content (AvgIpc) is 2.44. The first-order valence-electron chi connectivity index (χ1n) is 6.61. The van der Waals surface area contributed by atoms with Crippen molar-refractivity contribution in [2.45, 2.75) is 13.3 Å². The molecule has 0 saturated carbocycles. The largest absolute Gasteiger partial charge is 0.383 e. The zero-order chi connectivity index (χ0) is 14.3. The zero-order valence-corrected chi connectivity index (χ0v) is 12.4. The van der Waals surface area contributed by atoms with Gasteiger partial charge in [0, 0.05) is 47.1 Å². The van der Waals surface area contributed by atoms with Crippen molar-refractivity contribution in [3.8, 4) is 0 Å². The Bertz CT molecular complexity index is 219. The van der Waals surface area contributed by atoms with Gasteiger partial charge < -0.3 is 19.1 Å². The van der Waals surface area contributed by atoms with E-state index in [2.05, 4.69) is 10.4 Å². The van der Waals surface area contributed by atoms with Crippen LogP contribution in [0.2, 0.25) is 0 Å². The Hall–Kier alpha value is -0.890. The summed E-state index contributed by atoms with van der Waals surface area (Å²) < 4.78 is 15.4. The number of hydrogen-bond acceptors (Lipinski definition) is 5. The van der Waals surface area contributed by atoms with Crippen molar-refractivity contribution in [3.05, 3.63) is 0 Å². The number of rotatable bonds is 11. The standard InChI is InChI=1S/C12H28N4O3/c1-4-19-9-5-6-14-12(15-13)16(7-10-17-2)8-11-18-3/h4-11,13H2,1-3H3,(H,14,15). The van der Waals surface area contributed by atoms with Crippen molar-refractivity contribution in [1.29, 1.82) is 0 Å². The number of nitrogens with two attached hydrogens (primary N) is 1. The molecule has 0 rings (SSSR count). The normalized spacial score (nSPS) is 11.7. The minimum atomic E-state index is 0.614. The van der Waals surface area contributed by atoms with Gasteiger partial charge >= 0.3 is 0 Å². The summed E-state index contributed by atoms with van der Waals surface area (Å²) in [6.07, 6.45) is 0.876. The molecule has 0 unspecified atom stereocenters. The first-order chi connectivity index (χ1) is 9.29. The van der Waals surface area contributed by atoms with Gasteiger partial charge in [0.2, 0.25) is 5.96 Å². The molecule has 0 aliphatic carbocycles. The van der Waals surface area contributed by atoms with Gasteiger partial charge in [-0.25, -0.2) is 5.84 Å². The third-order valence-corrected chi connectivity index (χ3v) is 2.47. The predicted molar refractivity (Wildman–Crippen MR) is 76.1 cm³/mol. The molecular weight excluding hydrogens is 248 g/mol. The topological polar surface area (TPSA) is 81.3 Å². The molecule has 0 radical (unpaired) electrons. The Morgan fingerprint density at radius 2 is 1.79 bits per heavy atom. The Labute approximate surface area is 116 Å². The number of hydrazine groups is 1. The van der Waals surface area contributed by atoms with E-state index in [4.69, 9.17) is 20.1 Å². The van der Waals surface area contributed by atoms with Crippen LogP contribution in [0.1, 0.15) is 13.3 Å². The second-order valence-electron chi connectivity index (χ2n) is 3.87. The summed E-state index contributed by atoms with van der Waals surface area (Å²) >= 11 is 0. The molecule has 0 fully saturated rings. The summed E-state index contributed by atoms with van der Waals surface area (Å²) in [7, 11) is 3.34. The fourth-order valence-electron chi connectivity index (χ4n) is 1.46. The van der Waals surface area contributed by atoms with E-state index in [9.17, 15) is 0 Å². The van der Waals surface area contributed by atoms with E-state index in [0.717, 1.165) is 13.0 Å². The van der Waals surface area contributed by atoms with Crippen LogP contribution in [0.3, 0.4) is 0 Å². The molecule has 0 aliphatic heterocycles. The maximum atomic E-state index is 5.52. The van der Waals surface area contributed by atoms with Gasteiger partial charge in [0.25, 0.3) is 0 Å². The fourth-order valence-corrected chi connectivity index (χ4v) is 1.46. The first kappa shape index (κ1) is 18.1. The third-order valence-electron chi connectivity index (χ3n) is 2.47. The van der Waals surface area contributed by atoms with Crippen molar-refractivity contribution >= 4 is 5.96 Å². The van der Waals surface area contributed by atoms with Crippen molar-refractivity contribution < 1.29 is 14.2 Å². The van der Waals surface area contributed by atoms with Gasteiger partial charge in [0.05, 0.1) is 13.2 Å². The maximum Gasteiger partial charge on any atom is 0.208 e. The molecule has 0 amide bonds. The Morgan fingerprint density at radius 1 is 1.16 bits per heavy atom. The maximum absolute atomic E-state index is 5.52. The van der Waals surface area contributed by atoms with Gasteiger partial charge in [-0.3, -0.25) is 10.4 Å². The molecule has 114 valence electrons. The SMILES string of the molecule is CCOCCCN=C(NN)N(CCOC)CCOC. The molecule has 0 aromatic rings. The average molecular weight is 276 g/mol. The van der Waals surface area contributed by atoms with E-state index in [0.29, 0.717) is 45.4 Å². The second-order valence-corrected chi connectivity index (χ2v) is 3.87. The minimum Gasteiger partial charge on any atom is -0.383 e. The van der Waals surface area contributed by atoms with Gasteiger partial charge in [0.15, 0.2) is 0 Å². The van der Waals surface area contributed by atoms with Gasteiger partial charge in [-0.1, -0.05) is 0 Å². The predicted octanol–water partition coefficient (Wildman–Crippen LogP) is -0.173. The molecule has 0 aliphatic rings. The van der Waals surface area contributed by atoms with Crippen LogP contribution in [0.25, 0.3) is 0 Å². The summed E-state index contributed by atoms with van der Waals surface area (Å²) in [5.74, 6) is 6.18. The lowest BCUT2D eigenvalue weighted by molar-refractivity contribution is 0.143. The Balaban J connectivity index is 4.22. The number of nitrogens with zero attached hydrogens (tertiary/aromatic N) is 2. The molecule has 3 N–H and O–H groups in total. The minimum absolute atomic E-state index is 0.614. The molecule has 0 aromatic carbocycles. The number of nitrogens with one attached hydrogen (secondary N) is 1. The molecule has 0 heterocycles. The Morgan fingerprint density at radius 3 is 2.26 bits per heavy atom. The van der Waals surface area contributed by atoms with Crippen LogP contribution >= 0.6 is 0 Å². The lowest BCUT2D eigenvalue weighted by Gasteiger charge is -2.25. The highest BCUT2D eigenvalue weighted by Crippen LogP contribution is 1.93. The quantitative estimate of drug-likeness (QED) is 0.179. The first-order valence-corrected chi connectivity index (χ1v) is 6.61. The smallest absolute Gasteiger partial charge is 0.208 e. The summed E-state index contributed by atoms with van der Waals surface area (Å²) in [5.41, 5.74) is 2.63. The van der Waals surface area contributed by atoms with E-state index in [1.54, 1.807) is 14.2 Å². The molecule has 19 heavy (non-hydrogen) atoms. The number of hydrogen-bond donors (Lipinski definition) is 2. The summed E-state index contributed by atoms with van der Waals surface area (Å²) in [4.78, 5) is 6.44. The number of ether oxygens (including phenoxy) is 3. The number of aliphatic imine (C=N–C) groups is 1. The molecule has 0 saturated heterocycles. The van der Waals surface area contributed by atoms with Crippen molar-refractivity contribution in [2.75, 3.05) is 60.3 Å². The van der Waals surface area contributed by atoms with E-state index in [1.807, 2.05) is 11.8 Å². The van der Waals surface area contributed by atoms with E-state index < -0.39 is 0 Å². The van der Waals surface area contributed by atoms with Crippen molar-refractivity contribution in [3.63, 3.8) is 0 Å². The molecule has 7 nitrogen and oxygen atoms in total. The van der Waals surface area contributed by atoms with Gasteiger partial charge in [-0.2, -0.15) is 0 Å². The van der Waals surface area contributed by atoms with Crippen LogP contribution in [-0.2, 0) is 14.2 Å². The van der Waals surface area contributed by atoms with Crippen LogP contribution in [0, 0.1) is 0 Å². The highest BCUT2D eigenvalue weighted by Gasteiger charge is 2.09. The van der Waals surface area contributed by atoms with E-state index in [-0.39, 0.29) is 0 Å². The monoisotopic (exact) mass is 276 g/mol. The highest BCUT2D eigenvalue weighted by atomic mass is 16.5. The summed E-state index contributed by atoms with van der Waals surface area (Å²) in [6.45, 7) is 6.77. The van der Waals surface area contributed by atoms with Crippen LogP contribution in [0.4, 0.5) is 0 Å². The summed E-state index contributed by atoms with van der Waals surface area (Å²) in [5, 5.41) is 0. The fraction of sp³-hybridized carbons (Fsp3) is 0.917. The molecule has 0 aromatic heterocycles. The molecular formula is C12H28N4O3. The highest BCUT2D eigenvalue weighted by molar-refractivity contribution is 5.79. The molecule has 7 heteroatoms. The molecule has 0 bridgehead atoms.